The molecular formula is C45H54N4O9. The van der Waals surface area contributed by atoms with E-state index in [1.807, 2.05) is 61.4 Å². The topological polar surface area (TPSA) is 154 Å². The van der Waals surface area contributed by atoms with Crippen LogP contribution in [-0.2, 0) is 46.0 Å². The summed E-state index contributed by atoms with van der Waals surface area (Å²) in [6.45, 7) is 7.51. The zero-order valence-corrected chi connectivity index (χ0v) is 34.4. The molecule has 58 heavy (non-hydrogen) atoms. The number of aromatic amines is 1. The van der Waals surface area contributed by atoms with Crippen molar-refractivity contribution in [1.29, 1.82) is 0 Å². The molecule has 1 aromatic heterocycles. The van der Waals surface area contributed by atoms with Gasteiger partial charge in [0.1, 0.15) is 24.3 Å². The van der Waals surface area contributed by atoms with Crippen LogP contribution in [0.15, 0.2) is 60.2 Å². The highest BCUT2D eigenvalue weighted by molar-refractivity contribution is 5.95. The Labute approximate surface area is 338 Å². The van der Waals surface area contributed by atoms with Crippen LogP contribution in [0.2, 0.25) is 0 Å². The van der Waals surface area contributed by atoms with Crippen LogP contribution < -0.4 is 9.64 Å². The molecule has 13 nitrogen and oxygen atoms in total. The third-order valence-electron chi connectivity index (χ3n) is 15.0. The number of aliphatic hydroxyl groups is 1. The number of H-pyrrole nitrogens is 1. The van der Waals surface area contributed by atoms with Crippen LogP contribution >= 0.6 is 0 Å². The van der Waals surface area contributed by atoms with E-state index in [1.165, 1.54) is 21.1 Å². The average molecular weight is 795 g/mol. The number of methoxy groups -OCH3 is 3. The highest BCUT2D eigenvalue weighted by atomic mass is 16.6. The number of aromatic nitrogens is 1. The van der Waals surface area contributed by atoms with Gasteiger partial charge >= 0.3 is 17.9 Å². The quantitative estimate of drug-likeness (QED) is 0.112. The van der Waals surface area contributed by atoms with Crippen molar-refractivity contribution in [3.63, 3.8) is 0 Å². The molecule has 0 radical (unpaired) electrons. The van der Waals surface area contributed by atoms with Gasteiger partial charge in [-0.15, -0.1) is 0 Å². The summed E-state index contributed by atoms with van der Waals surface area (Å²) in [6, 6.07) is 10.6. The Morgan fingerprint density at radius 3 is 2.48 bits per heavy atom. The number of nitrogens with one attached hydrogen (secondary N) is 1. The summed E-state index contributed by atoms with van der Waals surface area (Å²) in [7, 11) is 6.08. The summed E-state index contributed by atoms with van der Waals surface area (Å²) in [5, 5.41) is 29.0. The second kappa shape index (κ2) is 13.2. The number of carbonyl (C=O) groups is 3. The predicted molar refractivity (Wildman–Crippen MR) is 216 cm³/mol. The largest absolute Gasteiger partial charge is 0.632 e. The molecule has 2 fully saturated rings. The molecule has 308 valence electrons. The number of carbonyl (C=O) groups excluding carboxylic acids is 3. The molecule has 2 aromatic carbocycles. The number of hydrogen-bond donors (Lipinski definition) is 2. The van der Waals surface area contributed by atoms with Crippen molar-refractivity contribution in [2.75, 3.05) is 59.5 Å². The number of benzene rings is 2. The Bertz CT molecular complexity index is 2300. The molecule has 9 rings (SSSR count). The standard InChI is InChI=1S/C45H54N4O9/c1-8-27-19-28-22-44(40(51)56-6,36-30(25-49(54,23-27)24-28)29-13-10-11-14-33(29)46-36)32-20-31-34(21-35(32)55-5)47(4)38-43(31)16-18-48-17-12-15-42(9-2,37(43)48)39(58-26(3)50)45(38,53)41(52)57-7/h10-15,19-21,28,37-39,46,53H,8-9,16-18,22-25H2,1-7H3/t28-,37-,38?,39+,42+,43+,44-,45-,49?/m0/s1. The van der Waals surface area contributed by atoms with Gasteiger partial charge in [-0.05, 0) is 55.5 Å². The zero-order valence-electron chi connectivity index (χ0n) is 34.4. The van der Waals surface area contributed by atoms with Gasteiger partial charge in [0.25, 0.3) is 0 Å². The van der Waals surface area contributed by atoms with E-state index in [0.717, 1.165) is 39.7 Å². The Hall–Kier alpha value is -4.69. The normalized spacial score (nSPS) is 35.8. The van der Waals surface area contributed by atoms with Gasteiger partial charge < -0.3 is 43.8 Å². The molecular weight excluding hydrogens is 741 g/mol. The second-order valence-corrected chi connectivity index (χ2v) is 17.6. The van der Waals surface area contributed by atoms with Crippen molar-refractivity contribution < 1.29 is 43.1 Å². The number of hydrogen-bond acceptors (Lipinski definition) is 11. The predicted octanol–water partition coefficient (Wildman–Crippen LogP) is 4.77. The van der Waals surface area contributed by atoms with E-state index in [0.29, 0.717) is 56.0 Å². The third kappa shape index (κ3) is 4.81. The first kappa shape index (κ1) is 38.8. The maximum atomic E-state index is 15.2. The molecule has 5 aliphatic heterocycles. The number of ether oxygens (including phenoxy) is 4. The molecule has 0 amide bonds. The molecule has 2 bridgehead atoms. The van der Waals surface area contributed by atoms with Crippen molar-refractivity contribution in [2.45, 2.75) is 87.6 Å². The summed E-state index contributed by atoms with van der Waals surface area (Å²) >= 11 is 0. The fraction of sp³-hybridized carbons (Fsp3) is 0.533. The number of para-hydroxylation sites is 1. The van der Waals surface area contributed by atoms with E-state index in [9.17, 15) is 19.9 Å². The van der Waals surface area contributed by atoms with Gasteiger partial charge in [-0.25, -0.2) is 4.79 Å². The van der Waals surface area contributed by atoms with Crippen molar-refractivity contribution >= 4 is 34.5 Å². The highest BCUT2D eigenvalue weighted by Gasteiger charge is 2.80. The Kier molecular flexibility index (Phi) is 8.80. The van der Waals surface area contributed by atoms with Crippen LogP contribution in [0, 0.1) is 16.5 Å². The molecule has 1 aliphatic carbocycles. The summed E-state index contributed by atoms with van der Waals surface area (Å²) in [6.07, 6.45) is 6.98. The van der Waals surface area contributed by atoms with Gasteiger partial charge in [0.2, 0.25) is 5.60 Å². The van der Waals surface area contributed by atoms with Gasteiger partial charge in [-0.2, -0.15) is 0 Å². The van der Waals surface area contributed by atoms with E-state index < -0.39 is 56.5 Å². The van der Waals surface area contributed by atoms with Gasteiger partial charge in [-0.1, -0.05) is 50.3 Å². The van der Waals surface area contributed by atoms with E-state index in [4.69, 9.17) is 18.9 Å². The Morgan fingerprint density at radius 2 is 1.79 bits per heavy atom. The molecule has 1 saturated heterocycles. The number of fused-ring (bicyclic) bond motifs is 6. The molecule has 3 aromatic rings. The van der Waals surface area contributed by atoms with E-state index in [2.05, 4.69) is 29.0 Å². The number of rotatable bonds is 7. The van der Waals surface area contributed by atoms with Crippen LogP contribution in [0.25, 0.3) is 10.9 Å². The second-order valence-electron chi connectivity index (χ2n) is 17.6. The van der Waals surface area contributed by atoms with Crippen LogP contribution in [0.3, 0.4) is 0 Å². The number of quaternary nitrogens is 1. The van der Waals surface area contributed by atoms with E-state index >= 15 is 4.79 Å². The van der Waals surface area contributed by atoms with E-state index in [1.54, 1.807) is 7.11 Å². The smallest absolute Gasteiger partial charge is 0.344 e. The number of likely N-dealkylation sites (N-methyl/N-ethyl adjacent to an activating group) is 1. The minimum absolute atomic E-state index is 0.167. The average Bonchev–Trinajstić information content (AvgIpc) is 3.86. The van der Waals surface area contributed by atoms with Crippen LogP contribution in [-0.4, -0.2) is 116 Å². The fourth-order valence-corrected chi connectivity index (χ4v) is 13.1. The first-order valence-electron chi connectivity index (χ1n) is 20.5. The van der Waals surface area contributed by atoms with Crippen molar-refractivity contribution in [2.24, 2.45) is 11.3 Å². The lowest BCUT2D eigenvalue weighted by Gasteiger charge is -2.63. The SMILES string of the molecule is CCC1=C[C@H]2C[C@](C(=O)OC)(c3cc4c(cc3OC)N(C)C3[C@]45CCN4CC=C[C@@](CC)([C@@H](OC(C)=O)[C@]3(O)C(=O)OC)[C@H]45)c3[nH]c4ccccc4c3C[N+]([O-])(C1)C2. The number of nitrogens with zero attached hydrogens (tertiary/aromatic N) is 3. The first-order chi connectivity index (χ1) is 27.7. The molecule has 9 atom stereocenters. The fourth-order valence-electron chi connectivity index (χ4n) is 13.1. The van der Waals surface area contributed by atoms with Crippen molar-refractivity contribution in [1.82, 2.24) is 9.88 Å². The minimum atomic E-state index is -2.31. The number of hydroxylamine groups is 3. The molecule has 1 saturated carbocycles. The van der Waals surface area contributed by atoms with Gasteiger partial charge in [0.05, 0.1) is 33.9 Å². The van der Waals surface area contributed by atoms with E-state index in [-0.39, 0.29) is 24.9 Å². The van der Waals surface area contributed by atoms with Gasteiger partial charge in [0, 0.05) is 82.8 Å². The van der Waals surface area contributed by atoms with Crippen LogP contribution in [0.4, 0.5) is 5.69 Å². The molecule has 2 N–H and O–H groups in total. The lowest BCUT2D eigenvalue weighted by molar-refractivity contribution is -0.894. The summed E-state index contributed by atoms with van der Waals surface area (Å²) in [4.78, 5) is 50.5. The lowest BCUT2D eigenvalue weighted by Crippen LogP contribution is -2.81. The molecule has 13 heteroatoms. The lowest BCUT2D eigenvalue weighted by atomic mass is 9.47. The number of anilines is 1. The minimum Gasteiger partial charge on any atom is -0.632 e. The van der Waals surface area contributed by atoms with Gasteiger partial charge in [-0.3, -0.25) is 14.5 Å². The molecule has 6 aliphatic rings. The van der Waals surface area contributed by atoms with Gasteiger partial charge in [0.15, 0.2) is 6.10 Å². The van der Waals surface area contributed by atoms with Crippen molar-refractivity contribution in [3.05, 3.63) is 87.8 Å². The summed E-state index contributed by atoms with van der Waals surface area (Å²) < 4.78 is 23.4. The molecule has 2 unspecified atom stereocenters. The third-order valence-corrected chi connectivity index (χ3v) is 15.0. The molecule has 6 heterocycles. The van der Waals surface area contributed by atoms with Crippen molar-refractivity contribution in [3.8, 4) is 5.75 Å². The Balaban J connectivity index is 1.38. The molecule has 1 spiro atoms. The monoisotopic (exact) mass is 794 g/mol. The number of esters is 3. The van der Waals surface area contributed by atoms with Crippen LogP contribution in [0.5, 0.6) is 5.75 Å². The zero-order chi connectivity index (χ0) is 41.2. The van der Waals surface area contributed by atoms with Crippen LogP contribution in [0.1, 0.15) is 68.8 Å². The summed E-state index contributed by atoms with van der Waals surface area (Å²) in [5.41, 5.74) is -0.280. The maximum Gasteiger partial charge on any atom is 0.344 e. The summed E-state index contributed by atoms with van der Waals surface area (Å²) in [5.74, 6) is -1.83. The highest BCUT2D eigenvalue weighted by Crippen LogP contribution is 2.68. The first-order valence-corrected chi connectivity index (χ1v) is 20.5. The Morgan fingerprint density at radius 1 is 1.03 bits per heavy atom. The maximum absolute atomic E-state index is 15.2.